The molecule has 0 unspecified atom stereocenters. The van der Waals surface area contributed by atoms with Gasteiger partial charge in [-0.3, -0.25) is 9.78 Å². The Kier molecular flexibility index (Phi) is 7.38. The molecule has 2 aromatic carbocycles. The molecule has 0 saturated carbocycles. The molecule has 6 heteroatoms. The van der Waals surface area contributed by atoms with Crippen molar-refractivity contribution in [3.63, 3.8) is 0 Å². The number of hydrogen-bond acceptors (Lipinski definition) is 4. The number of carbonyl (C=O) groups excluding carboxylic acids is 1. The second-order valence-corrected chi connectivity index (χ2v) is 7.79. The van der Waals surface area contributed by atoms with Crippen molar-refractivity contribution in [2.24, 2.45) is 5.92 Å². The number of carbonyl (C=O) groups is 2. The van der Waals surface area contributed by atoms with Crippen molar-refractivity contribution in [2.45, 2.75) is 32.9 Å². The van der Waals surface area contributed by atoms with Crippen LogP contribution >= 0.6 is 0 Å². The first-order valence-electron chi connectivity index (χ1n) is 10.3. The van der Waals surface area contributed by atoms with E-state index < -0.39 is 17.9 Å². The van der Waals surface area contributed by atoms with Gasteiger partial charge in [0, 0.05) is 17.4 Å². The lowest BCUT2D eigenvalue weighted by Crippen LogP contribution is -2.41. The molecule has 160 valence electrons. The second kappa shape index (κ2) is 10.4. The van der Waals surface area contributed by atoms with E-state index in [0.29, 0.717) is 18.5 Å². The number of aromatic nitrogens is 1. The molecular weight excluding hydrogens is 390 g/mol. The maximum atomic E-state index is 13.0. The largest absolute Gasteiger partial charge is 0.480 e. The summed E-state index contributed by atoms with van der Waals surface area (Å²) in [5, 5.41) is 15.5. The normalized spacial score (nSPS) is 11.7. The van der Waals surface area contributed by atoms with Crippen LogP contribution in [0.1, 0.15) is 36.3 Å². The third-order valence-corrected chi connectivity index (χ3v) is 4.86. The number of carboxylic acid groups (broad SMARTS) is 1. The minimum absolute atomic E-state index is 0.146. The van der Waals surface area contributed by atoms with Crippen LogP contribution in [0.5, 0.6) is 0 Å². The van der Waals surface area contributed by atoms with Gasteiger partial charge in [-0.2, -0.15) is 0 Å². The van der Waals surface area contributed by atoms with Gasteiger partial charge in [0.05, 0.1) is 12.2 Å². The summed E-state index contributed by atoms with van der Waals surface area (Å²) in [6.45, 7) is 4.41. The first kappa shape index (κ1) is 22.0. The monoisotopic (exact) mass is 417 g/mol. The molecule has 1 atom stereocenters. The zero-order valence-corrected chi connectivity index (χ0v) is 17.7. The third kappa shape index (κ3) is 6.15. The summed E-state index contributed by atoms with van der Waals surface area (Å²) in [5.41, 5.74) is 3.80. The lowest BCUT2D eigenvalue weighted by atomic mass is 9.97. The Morgan fingerprint density at radius 3 is 2.39 bits per heavy atom. The lowest BCUT2D eigenvalue weighted by Gasteiger charge is -2.18. The van der Waals surface area contributed by atoms with Crippen LogP contribution in [0.2, 0.25) is 0 Å². The predicted molar refractivity (Wildman–Crippen MR) is 122 cm³/mol. The number of nitrogens with zero attached hydrogens (tertiary/aromatic N) is 1. The Morgan fingerprint density at radius 2 is 1.74 bits per heavy atom. The van der Waals surface area contributed by atoms with Gasteiger partial charge >= 0.3 is 5.97 Å². The first-order valence-corrected chi connectivity index (χ1v) is 10.3. The number of amides is 1. The number of pyridine rings is 1. The van der Waals surface area contributed by atoms with Crippen LogP contribution < -0.4 is 10.6 Å². The van der Waals surface area contributed by atoms with Crippen LogP contribution in [0.3, 0.4) is 0 Å². The first-order chi connectivity index (χ1) is 14.9. The summed E-state index contributed by atoms with van der Waals surface area (Å²) in [6.07, 6.45) is 2.11. The van der Waals surface area contributed by atoms with Gasteiger partial charge in [0.1, 0.15) is 6.04 Å². The molecule has 0 aliphatic carbocycles. The summed E-state index contributed by atoms with van der Waals surface area (Å²) in [5.74, 6) is -1.28. The van der Waals surface area contributed by atoms with Gasteiger partial charge in [-0.05, 0) is 53.8 Å². The second-order valence-electron chi connectivity index (χ2n) is 7.79. The number of hydrogen-bond donors (Lipinski definition) is 3. The fourth-order valence-corrected chi connectivity index (χ4v) is 3.33. The van der Waals surface area contributed by atoms with E-state index in [1.165, 1.54) is 0 Å². The van der Waals surface area contributed by atoms with Gasteiger partial charge < -0.3 is 15.7 Å². The average molecular weight is 418 g/mol. The van der Waals surface area contributed by atoms with Crippen LogP contribution in [0.25, 0.3) is 11.1 Å². The number of benzene rings is 2. The van der Waals surface area contributed by atoms with E-state index >= 15 is 0 Å². The molecule has 6 nitrogen and oxygen atoms in total. The summed E-state index contributed by atoms with van der Waals surface area (Å²) in [6, 6.07) is 19.8. The number of carboxylic acids is 1. The molecular formula is C25H27N3O3. The van der Waals surface area contributed by atoms with E-state index in [9.17, 15) is 14.7 Å². The Labute approximate surface area is 182 Å². The minimum atomic E-state index is -1.03. The van der Waals surface area contributed by atoms with Gasteiger partial charge in [0.15, 0.2) is 0 Å². The molecule has 0 radical (unpaired) electrons. The zero-order valence-electron chi connectivity index (χ0n) is 17.7. The molecule has 0 spiro atoms. The molecule has 1 amide bonds. The van der Waals surface area contributed by atoms with Crippen molar-refractivity contribution >= 4 is 17.6 Å². The highest BCUT2D eigenvalue weighted by molar-refractivity contribution is 6.03. The Morgan fingerprint density at radius 1 is 1.00 bits per heavy atom. The summed E-state index contributed by atoms with van der Waals surface area (Å²) in [7, 11) is 0. The van der Waals surface area contributed by atoms with Crippen molar-refractivity contribution in [1.29, 1.82) is 0 Å². The van der Waals surface area contributed by atoms with Gasteiger partial charge in [0.25, 0.3) is 5.91 Å². The zero-order chi connectivity index (χ0) is 22.2. The number of nitrogens with one attached hydrogen (secondary N) is 2. The van der Waals surface area contributed by atoms with E-state index in [-0.39, 0.29) is 5.92 Å². The fraction of sp³-hybridized carbons (Fsp3) is 0.240. The Balaban J connectivity index is 1.88. The molecule has 0 saturated heterocycles. The van der Waals surface area contributed by atoms with Crippen LogP contribution in [0.15, 0.2) is 72.9 Å². The summed E-state index contributed by atoms with van der Waals surface area (Å²) in [4.78, 5) is 28.9. The van der Waals surface area contributed by atoms with Crippen molar-refractivity contribution in [2.75, 3.05) is 5.32 Å². The average Bonchev–Trinajstić information content (AvgIpc) is 2.78. The molecule has 0 aliphatic rings. The standard InChI is InChI=1S/C25H27N3O3/c1-17(2)14-23(25(30)31)28-24(29)21-12-11-19(27-16-20-10-6-7-13-26-20)15-22(21)18-8-4-3-5-9-18/h3-13,15,17,23,27H,14,16H2,1-2H3,(H,28,29)(H,30,31)/t23-/m0/s1. The molecule has 1 heterocycles. The smallest absolute Gasteiger partial charge is 0.326 e. The Bertz CT molecular complexity index is 1020. The van der Waals surface area contributed by atoms with E-state index in [4.69, 9.17) is 0 Å². The van der Waals surface area contributed by atoms with Crippen molar-refractivity contribution in [3.8, 4) is 11.1 Å². The number of rotatable bonds is 9. The third-order valence-electron chi connectivity index (χ3n) is 4.86. The van der Waals surface area contributed by atoms with E-state index in [1.54, 1.807) is 12.3 Å². The number of aliphatic carboxylic acids is 1. The highest BCUT2D eigenvalue weighted by atomic mass is 16.4. The molecule has 3 aromatic rings. The van der Waals surface area contributed by atoms with E-state index in [1.807, 2.05) is 74.5 Å². The predicted octanol–water partition coefficient (Wildman–Crippen LogP) is 4.59. The molecule has 0 fully saturated rings. The quantitative estimate of drug-likeness (QED) is 0.474. The minimum Gasteiger partial charge on any atom is -0.480 e. The van der Waals surface area contributed by atoms with Crippen LogP contribution in [-0.2, 0) is 11.3 Å². The SMILES string of the molecule is CC(C)C[C@H](NC(=O)c1ccc(NCc2ccccn2)cc1-c1ccccc1)C(=O)O. The molecule has 3 rings (SSSR count). The summed E-state index contributed by atoms with van der Waals surface area (Å²) >= 11 is 0. The van der Waals surface area contributed by atoms with Crippen molar-refractivity contribution in [1.82, 2.24) is 10.3 Å². The number of anilines is 1. The van der Waals surface area contributed by atoms with Gasteiger partial charge in [-0.15, -0.1) is 0 Å². The van der Waals surface area contributed by atoms with Crippen molar-refractivity contribution in [3.05, 3.63) is 84.2 Å². The van der Waals surface area contributed by atoms with E-state index in [0.717, 1.165) is 22.5 Å². The van der Waals surface area contributed by atoms with Gasteiger partial charge in [-0.25, -0.2) is 4.79 Å². The highest BCUT2D eigenvalue weighted by Crippen LogP contribution is 2.27. The highest BCUT2D eigenvalue weighted by Gasteiger charge is 2.23. The van der Waals surface area contributed by atoms with Crippen LogP contribution in [-0.4, -0.2) is 28.0 Å². The van der Waals surface area contributed by atoms with E-state index in [2.05, 4.69) is 15.6 Å². The maximum Gasteiger partial charge on any atom is 0.326 e. The molecule has 0 aliphatic heterocycles. The summed E-state index contributed by atoms with van der Waals surface area (Å²) < 4.78 is 0. The topological polar surface area (TPSA) is 91.3 Å². The van der Waals surface area contributed by atoms with Crippen LogP contribution in [0, 0.1) is 5.92 Å². The van der Waals surface area contributed by atoms with Gasteiger partial charge in [0.2, 0.25) is 0 Å². The maximum absolute atomic E-state index is 13.0. The Hall–Kier alpha value is -3.67. The molecule has 31 heavy (non-hydrogen) atoms. The molecule has 3 N–H and O–H groups in total. The van der Waals surface area contributed by atoms with Gasteiger partial charge in [-0.1, -0.05) is 50.2 Å². The lowest BCUT2D eigenvalue weighted by molar-refractivity contribution is -0.139. The molecule has 0 bridgehead atoms. The fourth-order valence-electron chi connectivity index (χ4n) is 3.33. The molecule has 1 aromatic heterocycles. The van der Waals surface area contributed by atoms with Crippen LogP contribution in [0.4, 0.5) is 5.69 Å². The van der Waals surface area contributed by atoms with Crippen molar-refractivity contribution < 1.29 is 14.7 Å².